The van der Waals surface area contributed by atoms with Gasteiger partial charge in [0.2, 0.25) is 5.91 Å². The van der Waals surface area contributed by atoms with Crippen molar-refractivity contribution in [2.75, 3.05) is 26.4 Å². The SMILES string of the molecule is CCCCCCCC/C=C\CCCCCCCC(=O)NCCOP(=O)(O)OCC(O)COC(=O)CCCCCCCCCCCCCCC. The van der Waals surface area contributed by atoms with Crippen LogP contribution < -0.4 is 5.32 Å². The third-order valence-electron chi connectivity index (χ3n) is 8.70. The minimum atomic E-state index is -4.41. The number of carbonyl (C=O) groups is 2. The summed E-state index contributed by atoms with van der Waals surface area (Å²) >= 11 is 0. The number of ether oxygens (including phenoxy) is 1. The second-order valence-electron chi connectivity index (χ2n) is 13.6. The standard InChI is InChI=1S/C39H76NO8P/c1-3-5-7-9-11-13-15-17-18-20-21-23-25-27-29-31-38(42)40-33-34-47-49(44,45)48-36-37(41)35-46-39(43)32-30-28-26-24-22-19-16-14-12-10-8-6-4-2/h17-18,37,41H,3-16,19-36H2,1-2H3,(H,40,42)(H,44,45)/b18-17-. The molecule has 0 aromatic heterocycles. The topological polar surface area (TPSA) is 131 Å². The first kappa shape index (κ1) is 47.8. The lowest BCUT2D eigenvalue weighted by atomic mass is 10.0. The molecule has 0 saturated carbocycles. The lowest BCUT2D eigenvalue weighted by Gasteiger charge is -2.15. The van der Waals surface area contributed by atoms with Crippen molar-refractivity contribution in [3.8, 4) is 0 Å². The van der Waals surface area contributed by atoms with Crippen molar-refractivity contribution in [1.29, 1.82) is 0 Å². The number of phosphoric acid groups is 1. The van der Waals surface area contributed by atoms with Crippen LogP contribution >= 0.6 is 7.82 Å². The van der Waals surface area contributed by atoms with E-state index in [9.17, 15) is 24.2 Å². The monoisotopic (exact) mass is 718 g/mol. The molecule has 0 spiro atoms. The van der Waals surface area contributed by atoms with Crippen LogP contribution in [0.4, 0.5) is 0 Å². The molecule has 0 aliphatic heterocycles. The Morgan fingerprint density at radius 1 is 0.612 bits per heavy atom. The molecule has 0 aromatic rings. The summed E-state index contributed by atoms with van der Waals surface area (Å²) in [4.78, 5) is 33.8. The van der Waals surface area contributed by atoms with Gasteiger partial charge in [-0.3, -0.25) is 18.6 Å². The van der Waals surface area contributed by atoms with E-state index in [1.54, 1.807) is 0 Å². The van der Waals surface area contributed by atoms with E-state index in [0.29, 0.717) is 6.42 Å². The van der Waals surface area contributed by atoms with Gasteiger partial charge in [0.05, 0.1) is 13.2 Å². The number of aliphatic hydroxyl groups is 1. The van der Waals surface area contributed by atoms with Gasteiger partial charge in [0.15, 0.2) is 0 Å². The van der Waals surface area contributed by atoms with Gasteiger partial charge in [0.1, 0.15) is 12.7 Å². The lowest BCUT2D eigenvalue weighted by Crippen LogP contribution is -2.27. The fourth-order valence-electron chi connectivity index (χ4n) is 5.61. The third kappa shape index (κ3) is 37.8. The van der Waals surface area contributed by atoms with Crippen LogP contribution in [0.15, 0.2) is 12.2 Å². The zero-order valence-electron chi connectivity index (χ0n) is 31.7. The van der Waals surface area contributed by atoms with E-state index in [-0.39, 0.29) is 32.1 Å². The quantitative estimate of drug-likeness (QED) is 0.0249. The Morgan fingerprint density at radius 2 is 1.04 bits per heavy atom. The number of amides is 1. The van der Waals surface area contributed by atoms with Gasteiger partial charge in [0, 0.05) is 19.4 Å². The number of hydrogen-bond donors (Lipinski definition) is 3. The predicted molar refractivity (Wildman–Crippen MR) is 201 cm³/mol. The first-order valence-electron chi connectivity index (χ1n) is 20.2. The summed E-state index contributed by atoms with van der Waals surface area (Å²) in [6.45, 7) is 3.55. The van der Waals surface area contributed by atoms with Crippen LogP contribution in [0.3, 0.4) is 0 Å². The number of carbonyl (C=O) groups excluding carboxylic acids is 2. The molecule has 290 valence electrons. The van der Waals surface area contributed by atoms with Gasteiger partial charge >= 0.3 is 13.8 Å². The summed E-state index contributed by atoms with van der Waals surface area (Å²) in [7, 11) is -4.41. The van der Waals surface area contributed by atoms with Crippen molar-refractivity contribution in [3.63, 3.8) is 0 Å². The van der Waals surface area contributed by atoms with E-state index >= 15 is 0 Å². The van der Waals surface area contributed by atoms with Gasteiger partial charge < -0.3 is 20.1 Å². The van der Waals surface area contributed by atoms with E-state index in [1.807, 2.05) is 0 Å². The van der Waals surface area contributed by atoms with Crippen LogP contribution in [0.5, 0.6) is 0 Å². The molecule has 0 rings (SSSR count). The van der Waals surface area contributed by atoms with E-state index in [0.717, 1.165) is 44.9 Å². The molecule has 0 aliphatic carbocycles. The smallest absolute Gasteiger partial charge is 0.463 e. The van der Waals surface area contributed by atoms with Crippen molar-refractivity contribution < 1.29 is 37.9 Å². The number of hydrogen-bond acceptors (Lipinski definition) is 7. The molecule has 1 amide bonds. The molecular weight excluding hydrogens is 641 g/mol. The Hall–Kier alpha value is -1.25. The Labute approximate surface area is 300 Å². The summed E-state index contributed by atoms with van der Waals surface area (Å²) in [5.41, 5.74) is 0. The summed E-state index contributed by atoms with van der Waals surface area (Å²) in [6.07, 6.45) is 35.6. The lowest BCUT2D eigenvalue weighted by molar-refractivity contribution is -0.147. The maximum Gasteiger partial charge on any atom is 0.472 e. The van der Waals surface area contributed by atoms with Gasteiger partial charge in [-0.15, -0.1) is 0 Å². The maximum absolute atomic E-state index is 12.1. The molecule has 3 N–H and O–H groups in total. The average molecular weight is 718 g/mol. The second-order valence-corrected chi connectivity index (χ2v) is 15.1. The summed E-state index contributed by atoms with van der Waals surface area (Å²) in [5, 5.41) is 12.7. The van der Waals surface area contributed by atoms with Crippen molar-refractivity contribution in [3.05, 3.63) is 12.2 Å². The third-order valence-corrected chi connectivity index (χ3v) is 9.68. The molecule has 0 heterocycles. The normalized spacial score (nSPS) is 13.5. The van der Waals surface area contributed by atoms with Crippen molar-refractivity contribution in [2.24, 2.45) is 0 Å². The number of allylic oxidation sites excluding steroid dienone is 2. The largest absolute Gasteiger partial charge is 0.472 e. The Balaban J connectivity index is 3.60. The summed E-state index contributed by atoms with van der Waals surface area (Å²) in [5.74, 6) is -0.519. The molecule has 49 heavy (non-hydrogen) atoms. The van der Waals surface area contributed by atoms with Crippen molar-refractivity contribution in [1.82, 2.24) is 5.32 Å². The predicted octanol–water partition coefficient (Wildman–Crippen LogP) is 10.7. The van der Waals surface area contributed by atoms with Crippen LogP contribution in [0.2, 0.25) is 0 Å². The second kappa shape index (κ2) is 36.5. The number of esters is 1. The fourth-order valence-corrected chi connectivity index (χ4v) is 6.37. The van der Waals surface area contributed by atoms with Crippen LogP contribution in [0, 0.1) is 0 Å². The number of rotatable bonds is 38. The number of phosphoric ester groups is 1. The Kier molecular flexibility index (Phi) is 35.6. The van der Waals surface area contributed by atoms with Crippen LogP contribution in [0.1, 0.15) is 194 Å². The molecule has 0 bridgehead atoms. The van der Waals surface area contributed by atoms with E-state index < -0.39 is 26.5 Å². The Morgan fingerprint density at radius 3 is 1.53 bits per heavy atom. The molecule has 0 aromatic carbocycles. The minimum absolute atomic E-state index is 0.0805. The molecule has 0 radical (unpaired) electrons. The number of nitrogens with one attached hydrogen (secondary N) is 1. The summed E-state index contributed by atoms with van der Waals surface area (Å²) < 4.78 is 26.8. The Bertz CT molecular complexity index is 825. The molecule has 0 aliphatic rings. The highest BCUT2D eigenvalue weighted by Gasteiger charge is 2.23. The van der Waals surface area contributed by atoms with Gasteiger partial charge in [0.25, 0.3) is 0 Å². The number of unbranched alkanes of at least 4 members (excludes halogenated alkanes) is 23. The fraction of sp³-hybridized carbons (Fsp3) is 0.897. The van der Waals surface area contributed by atoms with Gasteiger partial charge in [-0.05, 0) is 38.5 Å². The highest BCUT2D eigenvalue weighted by atomic mass is 31.2. The zero-order valence-corrected chi connectivity index (χ0v) is 32.5. The van der Waals surface area contributed by atoms with Crippen LogP contribution in [-0.2, 0) is 27.9 Å². The molecule has 2 atom stereocenters. The van der Waals surface area contributed by atoms with E-state index in [4.69, 9.17) is 13.8 Å². The zero-order chi connectivity index (χ0) is 36.1. The maximum atomic E-state index is 12.1. The van der Waals surface area contributed by atoms with E-state index in [2.05, 4.69) is 31.3 Å². The van der Waals surface area contributed by atoms with Crippen LogP contribution in [-0.4, -0.2) is 54.3 Å². The molecule has 9 nitrogen and oxygen atoms in total. The molecular formula is C39H76NO8P. The first-order valence-corrected chi connectivity index (χ1v) is 21.7. The highest BCUT2D eigenvalue weighted by Crippen LogP contribution is 2.42. The minimum Gasteiger partial charge on any atom is -0.463 e. The van der Waals surface area contributed by atoms with E-state index in [1.165, 1.54) is 122 Å². The molecule has 0 fully saturated rings. The molecule has 10 heteroatoms. The average Bonchev–Trinajstić information content (AvgIpc) is 3.08. The van der Waals surface area contributed by atoms with Gasteiger partial charge in [-0.1, -0.05) is 154 Å². The van der Waals surface area contributed by atoms with Gasteiger partial charge in [-0.25, -0.2) is 4.57 Å². The molecule has 0 saturated heterocycles. The first-order chi connectivity index (χ1) is 23.8. The highest BCUT2D eigenvalue weighted by molar-refractivity contribution is 7.47. The molecule has 2 unspecified atom stereocenters. The van der Waals surface area contributed by atoms with Crippen molar-refractivity contribution in [2.45, 2.75) is 200 Å². The van der Waals surface area contributed by atoms with Gasteiger partial charge in [-0.2, -0.15) is 0 Å². The van der Waals surface area contributed by atoms with Crippen LogP contribution in [0.25, 0.3) is 0 Å². The summed E-state index contributed by atoms with van der Waals surface area (Å²) in [6, 6.07) is 0. The van der Waals surface area contributed by atoms with Crippen molar-refractivity contribution >= 4 is 19.7 Å². The number of aliphatic hydroxyl groups excluding tert-OH is 1.